The number of hydrogen-bond donors (Lipinski definition) is 7. The standard InChI is InChI=1S/C47H69FN10O9/c1-31(2)40(56-37(59)17-11-8-12-25-58-38(60)22-23-39(58)61)44(63)55-36(16-13-24-51-45(50)64)43(62)54-35-20-18-33(19-21-35)29-67-46(65)53-27-34(48)28-57(30-66-6)41(47(3,4)5)42(49)52-26-32-14-9-7-10-15-32/h7,9-10,14-15,18-23,31,34,36,40-41H,8,11-13,16-17,24-30H2,1-6H3,(H2,49,52)(H,53,65)(H,54,62)(H,55,63)(H,56,59)(H3,50,51,64). The van der Waals surface area contributed by atoms with Crippen molar-refractivity contribution in [1.29, 1.82) is 0 Å². The van der Waals surface area contributed by atoms with Crippen molar-refractivity contribution in [2.24, 2.45) is 27.8 Å². The minimum atomic E-state index is -1.51. The second-order valence-electron chi connectivity index (χ2n) is 17.7. The second-order valence-corrected chi connectivity index (χ2v) is 17.7. The third kappa shape index (κ3) is 19.9. The molecule has 2 aromatic carbocycles. The van der Waals surface area contributed by atoms with Crippen molar-refractivity contribution < 1.29 is 47.4 Å². The number of carbonyl (C=O) groups excluding carboxylic acids is 7. The predicted octanol–water partition coefficient (Wildman–Crippen LogP) is 3.63. The summed E-state index contributed by atoms with van der Waals surface area (Å²) in [4.78, 5) is 94.8. The van der Waals surface area contributed by atoms with E-state index >= 15 is 4.39 Å². The number of nitrogens with two attached hydrogens (primary N) is 2. The molecule has 0 saturated carbocycles. The minimum Gasteiger partial charge on any atom is -0.445 e. The maximum atomic E-state index is 15.4. The number of amidine groups is 1. The first-order chi connectivity index (χ1) is 31.8. The number of halogens is 1. The summed E-state index contributed by atoms with van der Waals surface area (Å²) in [5.74, 6) is -2.23. The van der Waals surface area contributed by atoms with E-state index < -0.39 is 53.7 Å². The van der Waals surface area contributed by atoms with Crippen LogP contribution in [0.2, 0.25) is 0 Å². The summed E-state index contributed by atoms with van der Waals surface area (Å²) < 4.78 is 26.2. The van der Waals surface area contributed by atoms with Crippen LogP contribution in [0.4, 0.5) is 19.7 Å². The number of primary amides is 1. The molecule has 1 aliphatic rings. The van der Waals surface area contributed by atoms with Gasteiger partial charge in [0, 0.05) is 51.0 Å². The van der Waals surface area contributed by atoms with Crippen LogP contribution in [0.3, 0.4) is 0 Å². The van der Waals surface area contributed by atoms with Gasteiger partial charge in [-0.3, -0.25) is 38.8 Å². The molecule has 0 saturated heterocycles. The number of urea groups is 1. The van der Waals surface area contributed by atoms with Crippen LogP contribution in [0.5, 0.6) is 0 Å². The predicted molar refractivity (Wildman–Crippen MR) is 252 cm³/mol. The van der Waals surface area contributed by atoms with Crippen LogP contribution in [0, 0.1) is 11.3 Å². The normalized spacial score (nSPS) is 14.6. The van der Waals surface area contributed by atoms with Crippen LogP contribution in [0.1, 0.15) is 84.3 Å². The topological polar surface area (TPSA) is 269 Å². The molecule has 67 heavy (non-hydrogen) atoms. The lowest BCUT2D eigenvalue weighted by atomic mass is 9.84. The molecule has 3 rings (SSSR count). The Labute approximate surface area is 392 Å². The maximum Gasteiger partial charge on any atom is 0.407 e. The van der Waals surface area contributed by atoms with Gasteiger partial charge < -0.3 is 47.5 Å². The zero-order valence-electron chi connectivity index (χ0n) is 39.5. The molecule has 368 valence electrons. The number of unbranched alkanes of at least 4 members (excludes halogenated alkanes) is 2. The second kappa shape index (κ2) is 27.9. The average molecular weight is 937 g/mol. The molecule has 1 aliphatic heterocycles. The number of aliphatic imine (C=N–C) groups is 1. The molecule has 4 atom stereocenters. The van der Waals surface area contributed by atoms with Crippen LogP contribution in [-0.2, 0) is 46.6 Å². The highest BCUT2D eigenvalue weighted by molar-refractivity contribution is 6.12. The van der Waals surface area contributed by atoms with Crippen molar-refractivity contribution in [3.05, 3.63) is 77.9 Å². The van der Waals surface area contributed by atoms with Gasteiger partial charge in [0.15, 0.2) is 0 Å². The number of carbonyl (C=O) groups is 7. The maximum absolute atomic E-state index is 15.4. The van der Waals surface area contributed by atoms with Gasteiger partial charge in [-0.15, -0.1) is 0 Å². The van der Waals surface area contributed by atoms with Crippen molar-refractivity contribution in [2.45, 2.75) is 111 Å². The number of benzene rings is 2. The Balaban J connectivity index is 1.52. The molecule has 0 aromatic heterocycles. The number of alkyl carbamates (subject to hydrolysis) is 1. The van der Waals surface area contributed by atoms with E-state index in [2.05, 4.69) is 31.6 Å². The first-order valence-electron chi connectivity index (χ1n) is 22.5. The van der Waals surface area contributed by atoms with E-state index in [0.717, 1.165) is 10.5 Å². The minimum absolute atomic E-state index is 0.0747. The van der Waals surface area contributed by atoms with Gasteiger partial charge in [-0.05, 0) is 60.3 Å². The lowest BCUT2D eigenvalue weighted by molar-refractivity contribution is -0.137. The zero-order valence-corrected chi connectivity index (χ0v) is 39.5. The first kappa shape index (κ1) is 54.9. The smallest absolute Gasteiger partial charge is 0.407 e. The summed E-state index contributed by atoms with van der Waals surface area (Å²) in [6.45, 7) is 9.69. The van der Waals surface area contributed by atoms with E-state index in [-0.39, 0.29) is 82.4 Å². The highest BCUT2D eigenvalue weighted by Gasteiger charge is 2.35. The summed E-state index contributed by atoms with van der Waals surface area (Å²) >= 11 is 0. The Morgan fingerprint density at radius 3 is 2.13 bits per heavy atom. The highest BCUT2D eigenvalue weighted by atomic mass is 19.1. The molecule has 4 unspecified atom stereocenters. The van der Waals surface area contributed by atoms with Crippen LogP contribution in [0.25, 0.3) is 0 Å². The SMILES string of the molecule is COCN(CC(F)CNC(=O)OCc1ccc(NC(=O)C(CCCNC(N)=O)NC(=O)C(NC(=O)CCCCCN2C(=O)C=CC2=O)C(C)C)cc1)C(C(N)=NCc1ccccc1)C(C)(C)C. The number of alkyl halides is 1. The van der Waals surface area contributed by atoms with Crippen LogP contribution >= 0.6 is 0 Å². The fourth-order valence-electron chi connectivity index (χ4n) is 7.27. The van der Waals surface area contributed by atoms with Gasteiger partial charge in [0.1, 0.15) is 30.7 Å². The number of hydrogen-bond acceptors (Lipinski definition) is 11. The van der Waals surface area contributed by atoms with E-state index in [4.69, 9.17) is 20.9 Å². The molecular formula is C47H69FN10O9. The average Bonchev–Trinajstić information content (AvgIpc) is 3.59. The van der Waals surface area contributed by atoms with Gasteiger partial charge in [-0.25, -0.2) is 14.0 Å². The van der Waals surface area contributed by atoms with Crippen molar-refractivity contribution in [1.82, 2.24) is 31.1 Å². The van der Waals surface area contributed by atoms with Crippen molar-refractivity contribution in [3.8, 4) is 0 Å². The third-order valence-corrected chi connectivity index (χ3v) is 10.6. The van der Waals surface area contributed by atoms with E-state index in [0.29, 0.717) is 42.9 Å². The van der Waals surface area contributed by atoms with Crippen LogP contribution in [-0.4, -0.2) is 122 Å². The van der Waals surface area contributed by atoms with Crippen molar-refractivity contribution in [2.75, 3.05) is 45.3 Å². The highest BCUT2D eigenvalue weighted by Crippen LogP contribution is 2.26. The molecule has 0 spiro atoms. The lowest BCUT2D eigenvalue weighted by Gasteiger charge is -2.39. The molecule has 8 amide bonds. The number of amides is 8. The van der Waals surface area contributed by atoms with Crippen molar-refractivity contribution in [3.63, 3.8) is 0 Å². The molecular weight excluding hydrogens is 868 g/mol. The van der Waals surface area contributed by atoms with E-state index in [9.17, 15) is 33.6 Å². The summed E-state index contributed by atoms with van der Waals surface area (Å²) in [5.41, 5.74) is 13.2. The number of rotatable bonds is 28. The van der Waals surface area contributed by atoms with Gasteiger partial charge >= 0.3 is 12.1 Å². The fourth-order valence-corrected chi connectivity index (χ4v) is 7.27. The quantitative estimate of drug-likeness (QED) is 0.0213. The Morgan fingerprint density at radius 1 is 0.851 bits per heavy atom. The van der Waals surface area contributed by atoms with E-state index in [1.54, 1.807) is 43.0 Å². The van der Waals surface area contributed by atoms with Crippen LogP contribution < -0.4 is 38.1 Å². The number of nitrogens with one attached hydrogen (secondary N) is 5. The number of nitrogens with zero attached hydrogens (tertiary/aromatic N) is 3. The molecule has 0 fully saturated rings. The van der Waals surface area contributed by atoms with E-state index in [1.165, 1.54) is 19.3 Å². The third-order valence-electron chi connectivity index (χ3n) is 10.6. The summed E-state index contributed by atoms with van der Waals surface area (Å²) in [5, 5.41) is 13.2. The Bertz CT molecular complexity index is 1990. The summed E-state index contributed by atoms with van der Waals surface area (Å²) in [6, 6.07) is 12.8. The van der Waals surface area contributed by atoms with Gasteiger partial charge in [-0.1, -0.05) is 83.5 Å². The van der Waals surface area contributed by atoms with Gasteiger partial charge in [-0.2, -0.15) is 0 Å². The summed E-state index contributed by atoms with van der Waals surface area (Å²) in [7, 11) is 1.51. The number of ether oxygens (including phenoxy) is 2. The van der Waals surface area contributed by atoms with Crippen molar-refractivity contribution >= 4 is 53.2 Å². The number of anilines is 1. The molecule has 20 heteroatoms. The zero-order chi connectivity index (χ0) is 49.5. The monoisotopic (exact) mass is 937 g/mol. The Hall–Kier alpha value is -6.41. The summed E-state index contributed by atoms with van der Waals surface area (Å²) in [6.07, 6.45) is 2.18. The van der Waals surface area contributed by atoms with Crippen LogP contribution in [0.15, 0.2) is 71.7 Å². The Morgan fingerprint density at radius 2 is 1.52 bits per heavy atom. The molecule has 0 radical (unpaired) electrons. The van der Waals surface area contributed by atoms with E-state index in [1.807, 2.05) is 51.1 Å². The van der Waals surface area contributed by atoms with Gasteiger partial charge in [0.2, 0.25) is 17.7 Å². The Kier molecular flexibility index (Phi) is 22.9. The molecule has 19 nitrogen and oxygen atoms in total. The molecule has 0 bridgehead atoms. The molecule has 1 heterocycles. The van der Waals surface area contributed by atoms with Gasteiger partial charge in [0.25, 0.3) is 11.8 Å². The molecule has 9 N–H and O–H groups in total. The fraction of sp³-hybridized carbons (Fsp3) is 0.532. The van der Waals surface area contributed by atoms with Gasteiger partial charge in [0.05, 0.1) is 25.9 Å². The number of methoxy groups -OCH3 is 1. The largest absolute Gasteiger partial charge is 0.445 e. The molecule has 0 aliphatic carbocycles. The lowest BCUT2D eigenvalue weighted by Crippen LogP contribution is -2.55. The number of imide groups is 1. The molecule has 2 aromatic rings. The first-order valence-corrected chi connectivity index (χ1v) is 22.5.